The number of rotatable bonds is 33. The van der Waals surface area contributed by atoms with E-state index in [2.05, 4.69) is 213 Å². The molecule has 8 bridgehead atoms. The lowest BCUT2D eigenvalue weighted by Crippen LogP contribution is -2.28. The summed E-state index contributed by atoms with van der Waals surface area (Å²) in [6.07, 6.45) is 41.0. The third-order valence-electron chi connectivity index (χ3n) is 20.5. The van der Waals surface area contributed by atoms with Crippen molar-refractivity contribution < 1.29 is 0 Å². The van der Waals surface area contributed by atoms with Crippen molar-refractivity contribution in [3.05, 3.63) is 211 Å². The molecule has 2 atom stereocenters. The summed E-state index contributed by atoms with van der Waals surface area (Å²) in [5.41, 5.74) is 20.5. The van der Waals surface area contributed by atoms with Gasteiger partial charge >= 0.3 is 0 Å². The lowest BCUT2D eigenvalue weighted by atomic mass is 9.68. The van der Waals surface area contributed by atoms with Crippen molar-refractivity contribution in [3.8, 4) is 22.3 Å². The first-order valence-corrected chi connectivity index (χ1v) is 36.4. The minimum Gasteiger partial charge on any atom is -0.354 e. The number of unbranched alkanes of at least 4 members (excludes halogenated alkanes) is 25. The first-order chi connectivity index (χ1) is 42.8. The van der Waals surface area contributed by atoms with E-state index in [0.717, 1.165) is 59.6 Å². The molecule has 2 aliphatic carbocycles. The molecule has 3 aliphatic rings. The van der Waals surface area contributed by atoms with Crippen LogP contribution < -0.4 is 21.4 Å². The SMILES string of the molecule is CCCCCCCCCCCCCCCCC1(CCCCCCCCCC)c2ccccc2-c2cccc(C3=c4ccc([nH]4)=C(Br)c4ccc([nH]4)C(c4cccc5c4C(C)(CCCCCCCC)c4ccccc4-5)=c4ccc([nH]4)=C(Br)c4ccc3[nH]4)c21. The molecule has 87 heavy (non-hydrogen) atoms. The highest BCUT2D eigenvalue weighted by atomic mass is 79.9. The molecule has 2 unspecified atom stereocenters. The summed E-state index contributed by atoms with van der Waals surface area (Å²) < 4.78 is 2.01. The van der Waals surface area contributed by atoms with Gasteiger partial charge in [0.1, 0.15) is 0 Å². The van der Waals surface area contributed by atoms with Crippen LogP contribution in [0, 0.1) is 0 Å². The van der Waals surface area contributed by atoms with Crippen LogP contribution in [0.5, 0.6) is 0 Å². The van der Waals surface area contributed by atoms with Gasteiger partial charge in [0, 0.05) is 44.1 Å². The summed E-state index contributed by atoms with van der Waals surface area (Å²) >= 11 is 8.45. The fourth-order valence-electron chi connectivity index (χ4n) is 15.9. The molecule has 458 valence electrons. The summed E-state index contributed by atoms with van der Waals surface area (Å²) in [6, 6.07) is 51.3. The fourth-order valence-corrected chi connectivity index (χ4v) is 16.8. The minimum atomic E-state index is -0.143. The minimum absolute atomic E-state index is 0.1000. The maximum atomic E-state index is 4.23. The topological polar surface area (TPSA) is 63.2 Å². The molecule has 4 aromatic heterocycles. The Labute approximate surface area is 539 Å². The number of fused-ring (bicyclic) bond motifs is 14. The van der Waals surface area contributed by atoms with E-state index in [9.17, 15) is 0 Å². The lowest BCUT2D eigenvalue weighted by Gasteiger charge is -2.35. The number of halogens is 2. The fraction of sp³-hybridized carbons (Fsp3) is 0.457. The van der Waals surface area contributed by atoms with Gasteiger partial charge in [-0.3, -0.25) is 0 Å². The first-order valence-electron chi connectivity index (χ1n) is 34.8. The molecule has 0 spiro atoms. The molecule has 11 rings (SSSR count). The van der Waals surface area contributed by atoms with Crippen molar-refractivity contribution in [2.24, 2.45) is 0 Å². The van der Waals surface area contributed by atoms with Gasteiger partial charge in [-0.2, -0.15) is 0 Å². The average molecular weight is 1290 g/mol. The summed E-state index contributed by atoms with van der Waals surface area (Å²) in [5.74, 6) is 0. The molecular weight excluding hydrogens is 1190 g/mol. The van der Waals surface area contributed by atoms with Crippen LogP contribution in [0.3, 0.4) is 0 Å². The van der Waals surface area contributed by atoms with Gasteiger partial charge in [-0.15, -0.1) is 0 Å². The van der Waals surface area contributed by atoms with Crippen LogP contribution in [-0.4, -0.2) is 19.9 Å². The third kappa shape index (κ3) is 13.8. The highest BCUT2D eigenvalue weighted by Gasteiger charge is 2.45. The predicted octanol–water partition coefficient (Wildman–Crippen LogP) is 21.6. The van der Waals surface area contributed by atoms with Crippen molar-refractivity contribution in [1.82, 2.24) is 19.9 Å². The van der Waals surface area contributed by atoms with E-state index in [1.165, 1.54) is 254 Å². The number of aromatic amines is 4. The molecule has 8 aromatic rings. The van der Waals surface area contributed by atoms with Gasteiger partial charge in [0.15, 0.2) is 0 Å². The molecule has 0 saturated heterocycles. The van der Waals surface area contributed by atoms with Crippen LogP contribution in [0.2, 0.25) is 0 Å². The van der Waals surface area contributed by atoms with Gasteiger partial charge in [-0.25, -0.2) is 0 Å². The molecule has 0 saturated carbocycles. The van der Waals surface area contributed by atoms with Gasteiger partial charge < -0.3 is 19.9 Å². The summed E-state index contributed by atoms with van der Waals surface area (Å²) in [5, 5.41) is 4.26. The van der Waals surface area contributed by atoms with Crippen LogP contribution in [0.25, 0.3) is 42.4 Å². The maximum Gasteiger partial charge on any atom is 0.0645 e. The zero-order valence-electron chi connectivity index (χ0n) is 53.4. The number of hydrogen-bond acceptors (Lipinski definition) is 0. The van der Waals surface area contributed by atoms with Crippen molar-refractivity contribution in [2.45, 2.75) is 238 Å². The van der Waals surface area contributed by atoms with E-state index >= 15 is 0 Å². The molecule has 6 heteroatoms. The molecule has 1 aliphatic heterocycles. The summed E-state index contributed by atoms with van der Waals surface area (Å²) in [7, 11) is 0. The number of nitrogens with one attached hydrogen (secondary N) is 4. The number of H-pyrrole nitrogens is 4. The molecule has 4 aromatic carbocycles. The quantitative estimate of drug-likeness (QED) is 0.0296. The Hall–Kier alpha value is -5.56. The Balaban J connectivity index is 0.976. The van der Waals surface area contributed by atoms with E-state index < -0.39 is 0 Å². The van der Waals surface area contributed by atoms with Crippen molar-refractivity contribution in [3.63, 3.8) is 0 Å². The predicted molar refractivity (Wildman–Crippen MR) is 379 cm³/mol. The normalized spacial score (nSPS) is 16.7. The molecule has 5 heterocycles. The van der Waals surface area contributed by atoms with Crippen LogP contribution in [0.4, 0.5) is 0 Å². The van der Waals surface area contributed by atoms with Crippen LogP contribution >= 0.6 is 31.9 Å². The smallest absolute Gasteiger partial charge is 0.0645 e. The lowest BCUT2D eigenvalue weighted by molar-refractivity contribution is 0.396. The van der Waals surface area contributed by atoms with Crippen molar-refractivity contribution >= 4 is 52.0 Å². The van der Waals surface area contributed by atoms with Gasteiger partial charge in [0.25, 0.3) is 0 Å². The summed E-state index contributed by atoms with van der Waals surface area (Å²) in [4.78, 5) is 16.2. The highest BCUT2D eigenvalue weighted by molar-refractivity contribution is 9.15. The van der Waals surface area contributed by atoms with E-state index in [4.69, 9.17) is 0 Å². The van der Waals surface area contributed by atoms with E-state index in [-0.39, 0.29) is 10.8 Å². The molecule has 4 nitrogen and oxygen atoms in total. The number of hydrogen-bond donors (Lipinski definition) is 4. The zero-order chi connectivity index (χ0) is 60.0. The van der Waals surface area contributed by atoms with E-state index in [0.29, 0.717) is 0 Å². The highest BCUT2D eigenvalue weighted by Crippen LogP contribution is 2.57. The second-order valence-electron chi connectivity index (χ2n) is 26.6. The van der Waals surface area contributed by atoms with Crippen LogP contribution in [0.15, 0.2) is 133 Å². The van der Waals surface area contributed by atoms with Gasteiger partial charge in [0.05, 0.1) is 31.1 Å². The second kappa shape index (κ2) is 30.3. The molecule has 0 amide bonds. The first kappa shape index (κ1) is 63.0. The van der Waals surface area contributed by atoms with Crippen molar-refractivity contribution in [2.75, 3.05) is 0 Å². The average Bonchev–Trinajstić information content (AvgIpc) is 1.64. The number of benzene rings is 4. The third-order valence-corrected chi connectivity index (χ3v) is 22.2. The van der Waals surface area contributed by atoms with Crippen LogP contribution in [-0.2, 0) is 10.8 Å². The monoisotopic (exact) mass is 1290 g/mol. The number of aromatic nitrogens is 4. The zero-order valence-corrected chi connectivity index (χ0v) is 56.5. The molecular formula is C81H100Br2N4. The summed E-state index contributed by atoms with van der Waals surface area (Å²) in [6.45, 7) is 9.48. The van der Waals surface area contributed by atoms with E-state index in [1.54, 1.807) is 5.56 Å². The molecule has 4 N–H and O–H groups in total. The Kier molecular flexibility index (Phi) is 21.9. The van der Waals surface area contributed by atoms with Gasteiger partial charge in [-0.1, -0.05) is 292 Å². The van der Waals surface area contributed by atoms with E-state index in [1.807, 2.05) is 0 Å². The van der Waals surface area contributed by atoms with Crippen LogP contribution in [0.1, 0.15) is 283 Å². The Morgan fingerprint density at radius 1 is 0.287 bits per heavy atom. The van der Waals surface area contributed by atoms with Gasteiger partial charge in [0.2, 0.25) is 0 Å². The largest absolute Gasteiger partial charge is 0.354 e. The molecule has 0 radical (unpaired) electrons. The Bertz CT molecular complexity index is 3820. The van der Waals surface area contributed by atoms with Crippen molar-refractivity contribution in [1.29, 1.82) is 0 Å². The second-order valence-corrected chi connectivity index (χ2v) is 28.2. The standard InChI is InChI=1S/C81H100Br2N4/c1-5-8-11-14-17-19-20-21-22-23-24-26-29-36-57-81(56-35-28-25-18-15-12-9-6-2)65-46-33-31-40-59(65)61-42-38-44-63(77(61)81)75-68-49-53-72(86-68)78(82)70-51-47-66(84-70)74(67-48-52-71(85-67)79(83)73-54-50-69(75)87-73)62-43-37-41-60-58-39-30-32-45-64(58)80(4,76(60)62)55-34-27-16-13-10-7-3/h30-33,37-54,84-87H,5-29,34-36,55-57H2,1-4H3. The Morgan fingerprint density at radius 3 is 1.08 bits per heavy atom. The maximum absolute atomic E-state index is 4.23. The Morgan fingerprint density at radius 2 is 0.621 bits per heavy atom. The van der Waals surface area contributed by atoms with Gasteiger partial charge in [-0.05, 0) is 155 Å². The molecule has 0 fully saturated rings.